The molecule has 0 saturated carbocycles. The molecule has 0 aliphatic rings. The van der Waals surface area contributed by atoms with E-state index in [4.69, 9.17) is 27.9 Å². The van der Waals surface area contributed by atoms with E-state index in [1.54, 1.807) is 24.3 Å². The topological polar surface area (TPSA) is 83.1 Å². The van der Waals surface area contributed by atoms with Gasteiger partial charge in [-0.25, -0.2) is 4.39 Å². The molecule has 1 aromatic heterocycles. The van der Waals surface area contributed by atoms with Crippen molar-refractivity contribution in [2.45, 2.75) is 23.9 Å². The fourth-order valence-corrected chi connectivity index (χ4v) is 5.17. The van der Waals surface area contributed by atoms with E-state index in [1.807, 2.05) is 41.8 Å². The van der Waals surface area contributed by atoms with Gasteiger partial charge in [0.2, 0.25) is 6.54 Å². The largest absolute Gasteiger partial charge is 0.486 e. The summed E-state index contributed by atoms with van der Waals surface area (Å²) in [6.07, 6.45) is 0. The van der Waals surface area contributed by atoms with Gasteiger partial charge in [0.05, 0.1) is 10.0 Å². The number of halogens is 3. The molecule has 0 fully saturated rings. The highest BCUT2D eigenvalue weighted by atomic mass is 35.5. The van der Waals surface area contributed by atoms with Gasteiger partial charge in [-0.1, -0.05) is 65.3 Å². The second-order valence-electron chi connectivity index (χ2n) is 7.55. The molecule has 4 rings (SSSR count). The monoisotopic (exact) mass is 532 g/mol. The molecule has 0 saturated heterocycles. The summed E-state index contributed by atoms with van der Waals surface area (Å²) in [6, 6.07) is 18.6. The molecule has 1 atom stereocenters. The van der Waals surface area contributed by atoms with Crippen molar-refractivity contribution in [3.63, 3.8) is 0 Å². The van der Waals surface area contributed by atoms with Crippen molar-refractivity contribution in [3.05, 3.63) is 110 Å². The number of aryl methyl sites for hydroxylation is 1. The summed E-state index contributed by atoms with van der Waals surface area (Å²) < 4.78 is 20.7. The number of nitrogens with zero attached hydrogens (tertiary/aromatic N) is 4. The number of rotatable bonds is 9. The van der Waals surface area contributed by atoms with Gasteiger partial charge >= 0.3 is 0 Å². The summed E-state index contributed by atoms with van der Waals surface area (Å²) in [6.45, 7) is 1.56. The molecule has 0 spiro atoms. The van der Waals surface area contributed by atoms with Crippen LogP contribution in [0.5, 0.6) is 5.75 Å². The molecule has 0 aliphatic heterocycles. The van der Waals surface area contributed by atoms with Gasteiger partial charge in [-0.05, 0) is 54.4 Å². The van der Waals surface area contributed by atoms with Crippen molar-refractivity contribution in [1.82, 2.24) is 14.8 Å². The van der Waals surface area contributed by atoms with E-state index in [0.717, 1.165) is 11.3 Å². The quantitative estimate of drug-likeness (QED) is 0.135. The average Bonchev–Trinajstić information content (AvgIpc) is 3.19. The van der Waals surface area contributed by atoms with Crippen LogP contribution in [0.25, 0.3) is 5.69 Å². The molecule has 0 unspecified atom stereocenters. The first-order valence-electron chi connectivity index (χ1n) is 10.4. The van der Waals surface area contributed by atoms with Gasteiger partial charge in [0.1, 0.15) is 23.5 Å². The lowest BCUT2D eigenvalue weighted by molar-refractivity contribution is -0.479. The highest BCUT2D eigenvalue weighted by Gasteiger charge is 2.25. The first kappa shape index (κ1) is 25.0. The van der Waals surface area contributed by atoms with Crippen molar-refractivity contribution in [1.29, 1.82) is 0 Å². The third-order valence-electron chi connectivity index (χ3n) is 5.06. The summed E-state index contributed by atoms with van der Waals surface area (Å²) in [5, 5.41) is 20.2. The van der Waals surface area contributed by atoms with Crippen molar-refractivity contribution in [2.75, 3.05) is 6.54 Å². The summed E-state index contributed by atoms with van der Waals surface area (Å²) in [5.74, 6) is 0.551. The maximum Gasteiger partial charge on any atom is 0.220 e. The molecule has 180 valence electrons. The highest BCUT2D eigenvalue weighted by Crippen LogP contribution is 2.42. The smallest absolute Gasteiger partial charge is 0.220 e. The predicted molar refractivity (Wildman–Crippen MR) is 134 cm³/mol. The van der Waals surface area contributed by atoms with Crippen LogP contribution in [0.3, 0.4) is 0 Å². The number of para-hydroxylation sites is 1. The van der Waals surface area contributed by atoms with Crippen molar-refractivity contribution in [2.24, 2.45) is 0 Å². The van der Waals surface area contributed by atoms with Crippen LogP contribution in [0, 0.1) is 22.9 Å². The molecular weight excluding hydrogens is 514 g/mol. The Balaban J connectivity index is 1.61. The van der Waals surface area contributed by atoms with E-state index < -0.39 is 10.2 Å². The lowest BCUT2D eigenvalue weighted by atomic mass is 10.1. The number of ether oxygens (including phenoxy) is 1. The van der Waals surface area contributed by atoms with Crippen molar-refractivity contribution in [3.8, 4) is 11.4 Å². The zero-order chi connectivity index (χ0) is 24.9. The second kappa shape index (κ2) is 11.1. The van der Waals surface area contributed by atoms with Crippen LogP contribution in [0.15, 0.2) is 71.9 Å². The maximum absolute atomic E-state index is 13.1. The van der Waals surface area contributed by atoms with Crippen molar-refractivity contribution >= 4 is 35.0 Å². The fraction of sp³-hybridized carbons (Fsp3) is 0.167. The maximum atomic E-state index is 13.1. The molecule has 0 amide bonds. The molecule has 35 heavy (non-hydrogen) atoms. The van der Waals surface area contributed by atoms with Gasteiger partial charge < -0.3 is 4.74 Å². The highest BCUT2D eigenvalue weighted by molar-refractivity contribution is 7.99. The van der Waals surface area contributed by atoms with E-state index in [9.17, 15) is 14.5 Å². The molecule has 1 heterocycles. The van der Waals surface area contributed by atoms with Crippen LogP contribution >= 0.6 is 35.0 Å². The van der Waals surface area contributed by atoms with Crippen LogP contribution in [-0.2, 0) is 6.61 Å². The fourth-order valence-electron chi connectivity index (χ4n) is 3.41. The Morgan fingerprint density at radius 2 is 1.74 bits per heavy atom. The SMILES string of the molecule is Cc1nnc(S[C@@H](C[N+](=O)[O-])c2cc(Cl)c(OCc3ccc(F)cc3)c(Cl)c2)n1-c1ccccc1. The Bertz CT molecular complexity index is 1310. The van der Waals surface area contributed by atoms with Gasteiger partial charge in [0.15, 0.2) is 10.9 Å². The van der Waals surface area contributed by atoms with Crippen LogP contribution in [0.4, 0.5) is 4.39 Å². The van der Waals surface area contributed by atoms with Gasteiger partial charge in [-0.2, -0.15) is 0 Å². The van der Waals surface area contributed by atoms with Crippen molar-refractivity contribution < 1.29 is 14.1 Å². The van der Waals surface area contributed by atoms with Gasteiger partial charge in [0.25, 0.3) is 0 Å². The Hall–Kier alpha value is -3.14. The average molecular weight is 533 g/mol. The van der Waals surface area contributed by atoms with E-state index in [2.05, 4.69) is 10.2 Å². The Morgan fingerprint density at radius 1 is 1.09 bits per heavy atom. The van der Waals surface area contributed by atoms with E-state index >= 15 is 0 Å². The summed E-state index contributed by atoms with van der Waals surface area (Å²) in [5.41, 5.74) is 2.13. The summed E-state index contributed by atoms with van der Waals surface area (Å²) in [7, 11) is 0. The van der Waals surface area contributed by atoms with E-state index in [1.165, 1.54) is 23.9 Å². The molecule has 0 bridgehead atoms. The van der Waals surface area contributed by atoms with Crippen LogP contribution in [-0.4, -0.2) is 26.2 Å². The molecule has 7 nitrogen and oxygen atoms in total. The molecule has 0 radical (unpaired) electrons. The van der Waals surface area contributed by atoms with Crippen LogP contribution in [0.1, 0.15) is 22.2 Å². The van der Waals surface area contributed by atoms with Crippen LogP contribution in [0.2, 0.25) is 10.0 Å². The van der Waals surface area contributed by atoms with Gasteiger partial charge in [0, 0.05) is 10.6 Å². The van der Waals surface area contributed by atoms with Gasteiger partial charge in [-0.15, -0.1) is 10.2 Å². The number of aromatic nitrogens is 3. The normalized spacial score (nSPS) is 11.9. The molecule has 3 aromatic carbocycles. The Morgan fingerprint density at radius 3 is 2.37 bits per heavy atom. The third kappa shape index (κ3) is 6.11. The zero-order valence-corrected chi connectivity index (χ0v) is 20.7. The first-order chi connectivity index (χ1) is 16.8. The molecule has 0 aliphatic carbocycles. The van der Waals surface area contributed by atoms with Gasteiger partial charge in [-0.3, -0.25) is 14.7 Å². The minimum Gasteiger partial charge on any atom is -0.486 e. The zero-order valence-electron chi connectivity index (χ0n) is 18.4. The standard InChI is InChI=1S/C24H19Cl2FN4O3S/c1-15-28-29-24(31(15)19-5-3-2-4-6-19)35-22(13-30(32)33)17-11-20(25)23(21(26)12-17)34-14-16-7-9-18(27)10-8-16/h2-12,22H,13-14H2,1H3/t22-/m0/s1. The minimum absolute atomic E-state index is 0.131. The van der Waals surface area contributed by atoms with Crippen LogP contribution < -0.4 is 4.74 Å². The minimum atomic E-state index is -0.641. The lowest BCUT2D eigenvalue weighted by Gasteiger charge is -2.17. The lowest BCUT2D eigenvalue weighted by Crippen LogP contribution is -2.11. The molecule has 11 heteroatoms. The second-order valence-corrected chi connectivity index (χ2v) is 9.54. The Kier molecular flexibility index (Phi) is 7.90. The predicted octanol–water partition coefficient (Wildman–Crippen LogP) is 6.71. The summed E-state index contributed by atoms with van der Waals surface area (Å²) >= 11 is 14.1. The number of thioether (sulfide) groups is 1. The first-order valence-corrected chi connectivity index (χ1v) is 12.1. The molecular formula is C24H19Cl2FN4O3S. The Labute approximate surface area is 215 Å². The molecule has 4 aromatic rings. The third-order valence-corrected chi connectivity index (χ3v) is 6.80. The molecule has 0 N–H and O–H groups in total. The summed E-state index contributed by atoms with van der Waals surface area (Å²) in [4.78, 5) is 11.1. The van der Waals surface area contributed by atoms with E-state index in [0.29, 0.717) is 16.5 Å². The number of hydrogen-bond donors (Lipinski definition) is 0. The van der Waals surface area contributed by atoms with E-state index in [-0.39, 0.29) is 34.8 Å². The number of benzene rings is 3. The number of hydrogen-bond acceptors (Lipinski definition) is 6. The number of nitro groups is 1.